The molecular weight excluding hydrogens is 180 g/mol. The average molecular weight is 202 g/mol. The predicted molar refractivity (Wildman–Crippen MR) is 57.2 cm³/mol. The SMILES string of the molecule is C=CCCCCCCOC(CO)CO. The van der Waals surface area contributed by atoms with E-state index in [0.717, 1.165) is 19.3 Å². The summed E-state index contributed by atoms with van der Waals surface area (Å²) < 4.78 is 5.23. The van der Waals surface area contributed by atoms with Gasteiger partial charge in [-0.3, -0.25) is 0 Å². The molecule has 0 fully saturated rings. The smallest absolute Gasteiger partial charge is 0.104 e. The zero-order chi connectivity index (χ0) is 10.6. The number of rotatable bonds is 10. The maximum Gasteiger partial charge on any atom is 0.104 e. The van der Waals surface area contributed by atoms with Gasteiger partial charge in [-0.2, -0.15) is 0 Å². The number of ether oxygens (including phenoxy) is 1. The van der Waals surface area contributed by atoms with Gasteiger partial charge in [0, 0.05) is 6.61 Å². The van der Waals surface area contributed by atoms with Crippen LogP contribution in [-0.4, -0.2) is 36.1 Å². The first-order valence-corrected chi connectivity index (χ1v) is 5.29. The molecule has 0 spiro atoms. The summed E-state index contributed by atoms with van der Waals surface area (Å²) in [6, 6.07) is 0. The number of allylic oxidation sites excluding steroid dienone is 1. The number of aliphatic hydroxyl groups is 2. The van der Waals surface area contributed by atoms with Crippen molar-refractivity contribution < 1.29 is 14.9 Å². The summed E-state index contributed by atoms with van der Waals surface area (Å²) in [5.41, 5.74) is 0. The Bertz CT molecular complexity index is 122. The molecule has 0 aliphatic heterocycles. The fourth-order valence-electron chi connectivity index (χ4n) is 1.16. The Morgan fingerprint density at radius 3 is 2.29 bits per heavy atom. The third-order valence-electron chi connectivity index (χ3n) is 2.06. The highest BCUT2D eigenvalue weighted by molar-refractivity contribution is 4.65. The lowest BCUT2D eigenvalue weighted by molar-refractivity contribution is -0.0208. The first-order chi connectivity index (χ1) is 6.85. The second-order valence-electron chi connectivity index (χ2n) is 3.35. The molecule has 0 aliphatic carbocycles. The number of hydrogen-bond donors (Lipinski definition) is 2. The van der Waals surface area contributed by atoms with Gasteiger partial charge < -0.3 is 14.9 Å². The van der Waals surface area contributed by atoms with Gasteiger partial charge in [-0.15, -0.1) is 6.58 Å². The molecule has 0 saturated heterocycles. The molecule has 0 bridgehead atoms. The van der Waals surface area contributed by atoms with Crippen LogP contribution >= 0.6 is 0 Å². The Labute approximate surface area is 86.4 Å². The second-order valence-corrected chi connectivity index (χ2v) is 3.35. The van der Waals surface area contributed by atoms with E-state index in [4.69, 9.17) is 14.9 Å². The van der Waals surface area contributed by atoms with E-state index in [-0.39, 0.29) is 13.2 Å². The summed E-state index contributed by atoms with van der Waals surface area (Å²) in [6.07, 6.45) is 7.13. The fourth-order valence-corrected chi connectivity index (χ4v) is 1.16. The molecule has 0 rings (SSSR count). The van der Waals surface area contributed by atoms with Gasteiger partial charge in [-0.1, -0.05) is 18.9 Å². The molecule has 0 aromatic rings. The van der Waals surface area contributed by atoms with E-state index in [0.29, 0.717) is 6.61 Å². The molecule has 0 aromatic heterocycles. The highest BCUT2D eigenvalue weighted by atomic mass is 16.5. The van der Waals surface area contributed by atoms with E-state index < -0.39 is 6.10 Å². The van der Waals surface area contributed by atoms with Crippen molar-refractivity contribution in [3.05, 3.63) is 12.7 Å². The molecule has 84 valence electrons. The van der Waals surface area contributed by atoms with Crippen LogP contribution in [0.1, 0.15) is 32.1 Å². The topological polar surface area (TPSA) is 49.7 Å². The van der Waals surface area contributed by atoms with E-state index in [1.54, 1.807) is 0 Å². The van der Waals surface area contributed by atoms with E-state index in [1.165, 1.54) is 12.8 Å². The Morgan fingerprint density at radius 1 is 1.07 bits per heavy atom. The van der Waals surface area contributed by atoms with Crippen LogP contribution in [0.25, 0.3) is 0 Å². The molecule has 0 amide bonds. The zero-order valence-corrected chi connectivity index (χ0v) is 8.82. The molecule has 0 aliphatic rings. The van der Waals surface area contributed by atoms with Crippen molar-refractivity contribution in [3.63, 3.8) is 0 Å². The molecule has 2 N–H and O–H groups in total. The largest absolute Gasteiger partial charge is 0.394 e. The van der Waals surface area contributed by atoms with Gasteiger partial charge in [0.2, 0.25) is 0 Å². The Morgan fingerprint density at radius 2 is 1.71 bits per heavy atom. The first-order valence-electron chi connectivity index (χ1n) is 5.29. The van der Waals surface area contributed by atoms with Crippen molar-refractivity contribution in [2.45, 2.75) is 38.2 Å². The molecule has 0 atom stereocenters. The lowest BCUT2D eigenvalue weighted by Crippen LogP contribution is -2.22. The van der Waals surface area contributed by atoms with Crippen LogP contribution in [0.15, 0.2) is 12.7 Å². The minimum Gasteiger partial charge on any atom is -0.394 e. The van der Waals surface area contributed by atoms with Crippen LogP contribution in [0.2, 0.25) is 0 Å². The molecule has 14 heavy (non-hydrogen) atoms. The molecule has 0 radical (unpaired) electrons. The summed E-state index contributed by atoms with van der Waals surface area (Å²) >= 11 is 0. The number of unbranched alkanes of at least 4 members (excludes halogenated alkanes) is 4. The highest BCUT2D eigenvalue weighted by Crippen LogP contribution is 2.04. The van der Waals surface area contributed by atoms with Crippen molar-refractivity contribution in [1.82, 2.24) is 0 Å². The van der Waals surface area contributed by atoms with E-state index >= 15 is 0 Å². The fraction of sp³-hybridized carbons (Fsp3) is 0.818. The third kappa shape index (κ3) is 8.23. The Kier molecular flexibility index (Phi) is 10.4. The van der Waals surface area contributed by atoms with Crippen molar-refractivity contribution in [1.29, 1.82) is 0 Å². The van der Waals surface area contributed by atoms with E-state index in [1.807, 2.05) is 6.08 Å². The monoisotopic (exact) mass is 202 g/mol. The predicted octanol–water partition coefficient (Wildman–Crippen LogP) is 1.49. The van der Waals surface area contributed by atoms with Gasteiger partial charge in [0.15, 0.2) is 0 Å². The maximum atomic E-state index is 8.70. The Balaban J connectivity index is 3.08. The normalized spacial score (nSPS) is 10.8. The zero-order valence-electron chi connectivity index (χ0n) is 8.82. The molecule has 0 saturated carbocycles. The lowest BCUT2D eigenvalue weighted by atomic mass is 10.1. The van der Waals surface area contributed by atoms with Gasteiger partial charge in [0.1, 0.15) is 6.10 Å². The highest BCUT2D eigenvalue weighted by Gasteiger charge is 2.04. The van der Waals surface area contributed by atoms with Crippen LogP contribution in [0, 0.1) is 0 Å². The van der Waals surface area contributed by atoms with Gasteiger partial charge in [-0.25, -0.2) is 0 Å². The summed E-state index contributed by atoms with van der Waals surface area (Å²) in [5.74, 6) is 0. The van der Waals surface area contributed by atoms with Crippen LogP contribution in [0.5, 0.6) is 0 Å². The van der Waals surface area contributed by atoms with Crippen molar-refractivity contribution in [3.8, 4) is 0 Å². The van der Waals surface area contributed by atoms with Gasteiger partial charge in [0.25, 0.3) is 0 Å². The van der Waals surface area contributed by atoms with Crippen LogP contribution in [0.3, 0.4) is 0 Å². The number of aliphatic hydroxyl groups excluding tert-OH is 2. The minimum absolute atomic E-state index is 0.104. The number of hydrogen-bond acceptors (Lipinski definition) is 3. The van der Waals surface area contributed by atoms with Gasteiger partial charge >= 0.3 is 0 Å². The average Bonchev–Trinajstić information content (AvgIpc) is 2.22. The molecule has 0 aromatic carbocycles. The lowest BCUT2D eigenvalue weighted by Gasteiger charge is -2.11. The van der Waals surface area contributed by atoms with Crippen LogP contribution in [0.4, 0.5) is 0 Å². The first kappa shape index (κ1) is 13.6. The molecule has 3 nitrogen and oxygen atoms in total. The standard InChI is InChI=1S/C11H22O3/c1-2-3-4-5-6-7-8-14-11(9-12)10-13/h2,11-13H,1,3-10H2. The molecular formula is C11H22O3. The minimum atomic E-state index is -0.400. The van der Waals surface area contributed by atoms with Crippen LogP contribution in [-0.2, 0) is 4.74 Å². The summed E-state index contributed by atoms with van der Waals surface area (Å²) in [7, 11) is 0. The quantitative estimate of drug-likeness (QED) is 0.417. The van der Waals surface area contributed by atoms with E-state index in [9.17, 15) is 0 Å². The van der Waals surface area contributed by atoms with Crippen molar-refractivity contribution >= 4 is 0 Å². The van der Waals surface area contributed by atoms with Crippen molar-refractivity contribution in [2.75, 3.05) is 19.8 Å². The van der Waals surface area contributed by atoms with Crippen molar-refractivity contribution in [2.24, 2.45) is 0 Å². The molecule has 0 unspecified atom stereocenters. The summed E-state index contributed by atoms with van der Waals surface area (Å²) in [6.45, 7) is 4.08. The summed E-state index contributed by atoms with van der Waals surface area (Å²) in [4.78, 5) is 0. The molecule has 0 heterocycles. The third-order valence-corrected chi connectivity index (χ3v) is 2.06. The van der Waals surface area contributed by atoms with Crippen LogP contribution < -0.4 is 0 Å². The second kappa shape index (κ2) is 10.7. The van der Waals surface area contributed by atoms with Gasteiger partial charge in [-0.05, 0) is 19.3 Å². The van der Waals surface area contributed by atoms with E-state index in [2.05, 4.69) is 6.58 Å². The Hall–Kier alpha value is -0.380. The maximum absolute atomic E-state index is 8.70. The summed E-state index contributed by atoms with van der Waals surface area (Å²) in [5, 5.41) is 17.4. The molecule has 3 heteroatoms. The van der Waals surface area contributed by atoms with Gasteiger partial charge in [0.05, 0.1) is 13.2 Å².